The summed E-state index contributed by atoms with van der Waals surface area (Å²) in [5, 5.41) is 19.0. The van der Waals surface area contributed by atoms with Gasteiger partial charge < -0.3 is 51.5 Å². The lowest BCUT2D eigenvalue weighted by atomic mass is 9.92. The highest BCUT2D eigenvalue weighted by Crippen LogP contribution is 2.42. The Bertz CT molecular complexity index is 4760. The molecular formula is C79H82F2N18O3. The number of carbonyl (C=O) groups is 3. The number of aromatic nitrogens is 8. The second kappa shape index (κ2) is 28.9. The number of rotatable bonds is 16. The largest absolute Gasteiger partial charge is 0.369 e. The molecule has 17 rings (SSSR count). The fourth-order valence-electron chi connectivity index (χ4n) is 15.3. The van der Waals surface area contributed by atoms with Gasteiger partial charge in [0.05, 0.1) is 40.5 Å². The van der Waals surface area contributed by atoms with Crippen molar-refractivity contribution in [2.24, 2.45) is 0 Å². The second-order valence-corrected chi connectivity index (χ2v) is 27.8. The molecule has 4 aliphatic heterocycles. The minimum absolute atomic E-state index is 0.0926. The molecule has 3 amide bonds. The molecule has 23 heteroatoms. The summed E-state index contributed by atoms with van der Waals surface area (Å²) < 4.78 is 30.9. The van der Waals surface area contributed by atoms with Crippen LogP contribution in [0.2, 0.25) is 0 Å². The van der Waals surface area contributed by atoms with Crippen molar-refractivity contribution >= 4 is 69.2 Å². The van der Waals surface area contributed by atoms with E-state index in [0.717, 1.165) is 107 Å². The highest BCUT2D eigenvalue weighted by Gasteiger charge is 2.33. The van der Waals surface area contributed by atoms with Gasteiger partial charge in [-0.15, -0.1) is 0 Å². The van der Waals surface area contributed by atoms with Gasteiger partial charge in [-0.2, -0.15) is 0 Å². The summed E-state index contributed by atoms with van der Waals surface area (Å²) in [6.45, 7) is 7.27. The number of nitrogens with one attached hydrogen (secondary N) is 6. The quantitative estimate of drug-likeness (QED) is 0.0529. The Kier molecular flexibility index (Phi) is 19.0. The predicted octanol–water partition coefficient (Wildman–Crippen LogP) is 13.4. The van der Waals surface area contributed by atoms with Gasteiger partial charge in [-0.25, -0.2) is 33.7 Å². The Hall–Kier alpha value is -11.0. The molecule has 12 heterocycles. The first-order valence-corrected chi connectivity index (χ1v) is 35.1. The molecule has 8 aromatic heterocycles. The van der Waals surface area contributed by atoms with Crippen molar-refractivity contribution < 1.29 is 23.2 Å². The zero-order chi connectivity index (χ0) is 70.1. The highest BCUT2D eigenvalue weighted by atomic mass is 19.1. The first kappa shape index (κ1) is 66.8. The summed E-state index contributed by atoms with van der Waals surface area (Å²) in [5.41, 5.74) is 20.0. The number of hydrogen-bond donors (Lipinski definition) is 6. The van der Waals surface area contributed by atoms with Crippen LogP contribution in [0.15, 0.2) is 153 Å². The van der Waals surface area contributed by atoms with Crippen LogP contribution >= 0.6 is 0 Å². The smallest absolute Gasteiger partial charge is 0.255 e. The molecule has 0 unspecified atom stereocenters. The Morgan fingerprint density at radius 3 is 1.33 bits per heavy atom. The van der Waals surface area contributed by atoms with Gasteiger partial charge in [-0.05, 0) is 190 Å². The Balaban J connectivity index is 0.000000124. The van der Waals surface area contributed by atoms with Crippen molar-refractivity contribution in [1.82, 2.24) is 69.4 Å². The molecule has 2 aliphatic carbocycles. The molecule has 3 aromatic carbocycles. The van der Waals surface area contributed by atoms with Crippen molar-refractivity contribution in [3.8, 4) is 33.6 Å². The van der Waals surface area contributed by atoms with E-state index >= 15 is 0 Å². The van der Waals surface area contributed by atoms with Gasteiger partial charge in [0.15, 0.2) is 0 Å². The van der Waals surface area contributed by atoms with Crippen molar-refractivity contribution in [2.75, 3.05) is 82.3 Å². The molecule has 6 aliphatic rings. The van der Waals surface area contributed by atoms with Crippen LogP contribution in [0.3, 0.4) is 0 Å². The van der Waals surface area contributed by atoms with Crippen LogP contribution in [0.5, 0.6) is 0 Å². The summed E-state index contributed by atoms with van der Waals surface area (Å²) in [5.74, 6) is 1.83. The van der Waals surface area contributed by atoms with Crippen LogP contribution in [-0.2, 0) is 32.7 Å². The number of imidazole rings is 2. The van der Waals surface area contributed by atoms with Crippen molar-refractivity contribution in [1.29, 1.82) is 0 Å². The Labute approximate surface area is 590 Å². The molecule has 2 saturated carbocycles. The van der Waals surface area contributed by atoms with E-state index in [0.29, 0.717) is 76.9 Å². The first-order chi connectivity index (χ1) is 49.6. The lowest BCUT2D eigenvalue weighted by Gasteiger charge is -2.34. The van der Waals surface area contributed by atoms with Crippen LogP contribution in [0.4, 0.5) is 49.0 Å². The Morgan fingerprint density at radius 1 is 0.480 bits per heavy atom. The zero-order valence-corrected chi connectivity index (χ0v) is 58.0. The molecule has 0 bridgehead atoms. The maximum atomic E-state index is 13.7. The van der Waals surface area contributed by atoms with Crippen LogP contribution < -0.4 is 36.8 Å². The normalized spacial score (nSPS) is 15.8. The molecule has 102 heavy (non-hydrogen) atoms. The number of carbonyl (C=O) groups excluding carboxylic acids is 3. The average molecular weight is 1370 g/mol. The number of anilines is 7. The van der Waals surface area contributed by atoms with Crippen molar-refractivity contribution in [2.45, 2.75) is 95.9 Å². The number of nitrogens with zero attached hydrogens (tertiary/aromatic N) is 12. The third kappa shape index (κ3) is 13.9. The number of likely N-dealkylation sites (N-methyl/N-ethyl adjacent to an activating group) is 1. The van der Waals surface area contributed by atoms with E-state index in [1.54, 1.807) is 49.6 Å². The van der Waals surface area contributed by atoms with Crippen LogP contribution in [0.1, 0.15) is 133 Å². The third-order valence-corrected chi connectivity index (χ3v) is 20.4. The summed E-state index contributed by atoms with van der Waals surface area (Å²) in [4.78, 5) is 74.1. The number of amides is 3. The number of hydrogen-bond acceptors (Lipinski definition) is 16. The number of fused-ring (bicyclic) bond motifs is 5. The SMILES string of the molecule is CN(C)Cc1cc(Nc2ncc(-c3cnc4cc(F)ccn34)c3c2C(=O)NC3)ccc1C1CCCC1.CN(C)Cc1cc(Nc2ncc(-c3cnc4cc(F)ccn34)c3c2C(=O)NC3)ccc1C1CCCC1.CN1CCN(c2ccc(Nc3ncc(-c4ccncc4)c4c3C(=O)NC4)cc2)CC1. The molecule has 0 radical (unpaired) electrons. The third-order valence-electron chi connectivity index (χ3n) is 20.4. The fraction of sp³-hybridized carbons (Fsp3) is 0.304. The van der Waals surface area contributed by atoms with Crippen LogP contribution in [0, 0.1) is 11.6 Å². The molecule has 3 fully saturated rings. The van der Waals surface area contributed by atoms with E-state index < -0.39 is 0 Å². The zero-order valence-electron chi connectivity index (χ0n) is 58.0. The predicted molar refractivity (Wildman–Crippen MR) is 394 cm³/mol. The van der Waals surface area contributed by atoms with E-state index in [1.165, 1.54) is 104 Å². The monoisotopic (exact) mass is 1370 g/mol. The maximum absolute atomic E-state index is 13.7. The number of benzene rings is 3. The van der Waals surface area contributed by atoms with Gasteiger partial charge in [-0.3, -0.25) is 28.2 Å². The number of pyridine rings is 6. The molecule has 0 atom stereocenters. The van der Waals surface area contributed by atoms with E-state index in [-0.39, 0.29) is 29.4 Å². The van der Waals surface area contributed by atoms with Gasteiger partial charge >= 0.3 is 0 Å². The van der Waals surface area contributed by atoms with E-state index in [4.69, 9.17) is 0 Å². The minimum Gasteiger partial charge on any atom is -0.369 e. The van der Waals surface area contributed by atoms with Crippen LogP contribution in [0.25, 0.3) is 44.9 Å². The van der Waals surface area contributed by atoms with Crippen molar-refractivity contribution in [3.05, 3.63) is 220 Å². The average Bonchev–Trinajstić information content (AvgIpc) is 1.59. The summed E-state index contributed by atoms with van der Waals surface area (Å²) >= 11 is 0. The number of halogens is 2. The summed E-state index contributed by atoms with van der Waals surface area (Å²) in [6.07, 6.45) is 25.7. The first-order valence-electron chi connectivity index (χ1n) is 35.1. The topological polar surface area (TPSA) is 223 Å². The molecule has 520 valence electrons. The standard InChI is InChI=1S/2C28H29FN6O.C23H24N6O/c2*1-34(2)16-18-11-20(7-8-21(18)17-5-3-4-6-17)33-27-26-23(14-32-28(26)36)22(13-31-27)24-15-30-25-12-19(29)9-10-35(24)25;1-28-10-12-29(13-11-28)18-4-2-17(3-5-18)27-22-21-20(15-26-23(21)30)19(14-25-22)16-6-8-24-9-7-16/h2*7-13,15,17H,3-6,14,16H2,1-2H3,(H,31,33)(H,32,36);2-9,14H,10-13,15H2,1H3,(H,25,27)(H,26,30). The molecule has 6 N–H and O–H groups in total. The Morgan fingerprint density at radius 2 is 0.892 bits per heavy atom. The lowest BCUT2D eigenvalue weighted by Crippen LogP contribution is -2.44. The second-order valence-electron chi connectivity index (χ2n) is 27.8. The number of piperazine rings is 1. The van der Waals surface area contributed by atoms with E-state index in [9.17, 15) is 23.2 Å². The fourth-order valence-corrected chi connectivity index (χ4v) is 15.3. The molecule has 0 spiro atoms. The van der Waals surface area contributed by atoms with Crippen molar-refractivity contribution in [3.63, 3.8) is 0 Å². The van der Waals surface area contributed by atoms with E-state index in [1.807, 2.05) is 39.3 Å². The molecule has 21 nitrogen and oxygen atoms in total. The van der Waals surface area contributed by atoms with Gasteiger partial charge in [-0.1, -0.05) is 37.8 Å². The van der Waals surface area contributed by atoms with Gasteiger partial charge in [0, 0.05) is 154 Å². The molecule has 11 aromatic rings. The summed E-state index contributed by atoms with van der Waals surface area (Å²) in [7, 11) is 10.5. The highest BCUT2D eigenvalue weighted by molar-refractivity contribution is 6.07. The van der Waals surface area contributed by atoms with Gasteiger partial charge in [0.25, 0.3) is 17.7 Å². The molecule has 1 saturated heterocycles. The van der Waals surface area contributed by atoms with Crippen LogP contribution in [-0.4, -0.2) is 133 Å². The molecular weight excluding hydrogens is 1290 g/mol. The lowest BCUT2D eigenvalue weighted by molar-refractivity contribution is 0.0958. The minimum atomic E-state index is -0.341. The van der Waals surface area contributed by atoms with E-state index in [2.05, 4.69) is 165 Å². The summed E-state index contributed by atoms with van der Waals surface area (Å²) in [6, 6.07) is 30.8. The van der Waals surface area contributed by atoms with Gasteiger partial charge in [0.1, 0.15) is 40.4 Å². The maximum Gasteiger partial charge on any atom is 0.255 e. The van der Waals surface area contributed by atoms with Gasteiger partial charge in [0.2, 0.25) is 0 Å².